The van der Waals surface area contributed by atoms with Gasteiger partial charge in [0, 0.05) is 30.0 Å². The van der Waals surface area contributed by atoms with E-state index in [0.29, 0.717) is 17.1 Å². The second kappa shape index (κ2) is 7.44. The van der Waals surface area contributed by atoms with E-state index in [1.807, 2.05) is 6.92 Å². The lowest BCUT2D eigenvalue weighted by atomic mass is 10.1. The van der Waals surface area contributed by atoms with Crippen molar-refractivity contribution in [3.8, 4) is 11.3 Å². The van der Waals surface area contributed by atoms with E-state index in [2.05, 4.69) is 15.5 Å². The molecule has 2 aromatic heterocycles. The van der Waals surface area contributed by atoms with Gasteiger partial charge < -0.3 is 4.42 Å². The first-order valence-corrected chi connectivity index (χ1v) is 7.69. The van der Waals surface area contributed by atoms with Gasteiger partial charge in [0.1, 0.15) is 11.5 Å². The number of nitrogens with zero attached hydrogens (tertiary/aromatic N) is 4. The summed E-state index contributed by atoms with van der Waals surface area (Å²) < 4.78 is 5.63. The van der Waals surface area contributed by atoms with Crippen LogP contribution in [0.4, 0.5) is 17.2 Å². The molecule has 0 aliphatic heterocycles. The van der Waals surface area contributed by atoms with Crippen molar-refractivity contribution >= 4 is 23.4 Å². The van der Waals surface area contributed by atoms with Crippen molar-refractivity contribution in [1.82, 2.24) is 4.98 Å². The molecule has 0 saturated carbocycles. The third-order valence-electron chi connectivity index (χ3n) is 3.67. The van der Waals surface area contributed by atoms with Gasteiger partial charge in [0.05, 0.1) is 16.1 Å². The van der Waals surface area contributed by atoms with Crippen molar-refractivity contribution in [2.45, 2.75) is 6.92 Å². The van der Waals surface area contributed by atoms with Crippen molar-refractivity contribution in [1.29, 1.82) is 0 Å². The Hall–Kier alpha value is -4.08. The number of aryl methyl sites for hydroxylation is 1. The molecule has 136 valence electrons. The molecular formula is C17H13N5O5. The highest BCUT2D eigenvalue weighted by Gasteiger charge is 2.14. The first-order chi connectivity index (χ1) is 13.0. The van der Waals surface area contributed by atoms with Gasteiger partial charge >= 0.3 is 5.69 Å². The summed E-state index contributed by atoms with van der Waals surface area (Å²) in [4.78, 5) is 24.7. The van der Waals surface area contributed by atoms with Crippen LogP contribution < -0.4 is 5.43 Å². The molecule has 0 fully saturated rings. The number of hydrogen-bond donors (Lipinski definition) is 1. The van der Waals surface area contributed by atoms with Crippen molar-refractivity contribution < 1.29 is 14.3 Å². The molecule has 10 nitrogen and oxygen atoms in total. The number of anilines is 1. The molecule has 0 unspecified atom stereocenters. The predicted molar refractivity (Wildman–Crippen MR) is 97.6 cm³/mol. The number of hydrazone groups is 1. The first-order valence-electron chi connectivity index (χ1n) is 7.69. The van der Waals surface area contributed by atoms with Gasteiger partial charge in [-0.2, -0.15) is 5.10 Å². The molecule has 2 heterocycles. The Morgan fingerprint density at radius 3 is 2.70 bits per heavy atom. The van der Waals surface area contributed by atoms with Crippen LogP contribution in [0.25, 0.3) is 11.3 Å². The van der Waals surface area contributed by atoms with Crippen LogP contribution in [0.3, 0.4) is 0 Å². The molecule has 0 spiro atoms. The topological polar surface area (TPSA) is 137 Å². The summed E-state index contributed by atoms with van der Waals surface area (Å²) in [5, 5.41) is 25.8. The molecule has 0 aliphatic rings. The number of nitrogens with one attached hydrogen (secondary N) is 1. The molecule has 3 aromatic rings. The fraction of sp³-hybridized carbons (Fsp3) is 0.0588. The average molecular weight is 367 g/mol. The lowest BCUT2D eigenvalue weighted by Crippen LogP contribution is -1.98. The van der Waals surface area contributed by atoms with Crippen LogP contribution >= 0.6 is 0 Å². The normalized spacial score (nSPS) is 10.9. The number of nitro groups is 2. The summed E-state index contributed by atoms with van der Waals surface area (Å²) in [5.74, 6) is 0.809. The second-order valence-corrected chi connectivity index (χ2v) is 5.46. The average Bonchev–Trinajstić information content (AvgIpc) is 3.11. The second-order valence-electron chi connectivity index (χ2n) is 5.46. The zero-order chi connectivity index (χ0) is 19.4. The Balaban J connectivity index is 1.79. The Kier molecular flexibility index (Phi) is 4.88. The monoisotopic (exact) mass is 367 g/mol. The number of nitro benzene ring substituents is 1. The van der Waals surface area contributed by atoms with E-state index < -0.39 is 9.85 Å². The third kappa shape index (κ3) is 3.95. The minimum absolute atomic E-state index is 0.0000539. The van der Waals surface area contributed by atoms with Crippen LogP contribution in [-0.4, -0.2) is 21.0 Å². The number of benzene rings is 1. The minimum atomic E-state index is -0.569. The van der Waals surface area contributed by atoms with E-state index in [1.165, 1.54) is 36.7 Å². The fourth-order valence-corrected chi connectivity index (χ4v) is 2.34. The van der Waals surface area contributed by atoms with Crippen LogP contribution in [0.1, 0.15) is 11.3 Å². The van der Waals surface area contributed by atoms with E-state index in [-0.39, 0.29) is 17.2 Å². The molecule has 3 rings (SSSR count). The molecule has 0 atom stereocenters. The highest BCUT2D eigenvalue weighted by atomic mass is 16.6. The number of furan rings is 1. The summed E-state index contributed by atoms with van der Waals surface area (Å²) >= 11 is 0. The molecule has 0 radical (unpaired) electrons. The van der Waals surface area contributed by atoms with E-state index in [9.17, 15) is 20.2 Å². The van der Waals surface area contributed by atoms with Crippen LogP contribution in [0, 0.1) is 27.2 Å². The van der Waals surface area contributed by atoms with Crippen molar-refractivity contribution in [2.75, 3.05) is 5.43 Å². The van der Waals surface area contributed by atoms with Crippen molar-refractivity contribution in [3.63, 3.8) is 0 Å². The van der Waals surface area contributed by atoms with Crippen LogP contribution in [0.15, 0.2) is 58.2 Å². The van der Waals surface area contributed by atoms with E-state index in [4.69, 9.17) is 4.42 Å². The molecule has 0 aliphatic carbocycles. The van der Waals surface area contributed by atoms with Crippen molar-refractivity contribution in [3.05, 3.63) is 80.2 Å². The Labute approximate surface area is 152 Å². The first kappa shape index (κ1) is 17.7. The summed E-state index contributed by atoms with van der Waals surface area (Å²) in [6.07, 6.45) is 2.73. The number of rotatable bonds is 6. The summed E-state index contributed by atoms with van der Waals surface area (Å²) in [6, 6.07) is 10.6. The highest BCUT2D eigenvalue weighted by molar-refractivity contribution is 5.78. The van der Waals surface area contributed by atoms with Gasteiger partial charge in [-0.1, -0.05) is 6.07 Å². The van der Waals surface area contributed by atoms with Crippen LogP contribution in [-0.2, 0) is 0 Å². The van der Waals surface area contributed by atoms with Gasteiger partial charge in [0.15, 0.2) is 0 Å². The van der Waals surface area contributed by atoms with E-state index >= 15 is 0 Å². The van der Waals surface area contributed by atoms with Crippen molar-refractivity contribution in [2.24, 2.45) is 5.10 Å². The molecule has 0 bridgehead atoms. The Bertz CT molecular complexity index is 1040. The molecule has 27 heavy (non-hydrogen) atoms. The summed E-state index contributed by atoms with van der Waals surface area (Å²) in [5.41, 5.74) is 3.67. The minimum Gasteiger partial charge on any atom is -0.455 e. The number of non-ortho nitro benzene ring substituents is 1. The zero-order valence-corrected chi connectivity index (χ0v) is 14.0. The lowest BCUT2D eigenvalue weighted by molar-refractivity contribution is -0.384. The summed E-state index contributed by atoms with van der Waals surface area (Å²) in [7, 11) is 0. The lowest BCUT2D eigenvalue weighted by Gasteiger charge is -2.02. The van der Waals surface area contributed by atoms with Crippen LogP contribution in [0.2, 0.25) is 0 Å². The maximum absolute atomic E-state index is 10.9. The van der Waals surface area contributed by atoms with Gasteiger partial charge in [0.25, 0.3) is 5.69 Å². The van der Waals surface area contributed by atoms with Gasteiger partial charge in [-0.25, -0.2) is 4.98 Å². The van der Waals surface area contributed by atoms with E-state index in [1.54, 1.807) is 18.2 Å². The molecule has 0 amide bonds. The molecule has 1 aromatic carbocycles. The maximum Gasteiger partial charge on any atom is 0.313 e. The predicted octanol–water partition coefficient (Wildman–Crippen LogP) is 3.91. The maximum atomic E-state index is 10.9. The third-order valence-corrected chi connectivity index (χ3v) is 3.67. The Morgan fingerprint density at radius 1 is 1.15 bits per heavy atom. The molecule has 10 heteroatoms. The molecular weight excluding hydrogens is 354 g/mol. The largest absolute Gasteiger partial charge is 0.455 e. The number of pyridine rings is 1. The standard InChI is InChI=1S/C17H13N5O5/c1-11-4-5-12(21(23)24)9-14(11)16-7-6-13(27-16)10-19-20-17-15(22(25)26)3-2-8-18-17/h2-10H,1H3,(H,18,20)/b19-10-. The number of hydrogen-bond acceptors (Lipinski definition) is 8. The number of aromatic nitrogens is 1. The smallest absolute Gasteiger partial charge is 0.313 e. The zero-order valence-electron chi connectivity index (χ0n) is 14.0. The van der Waals surface area contributed by atoms with Gasteiger partial charge in [-0.15, -0.1) is 0 Å². The highest BCUT2D eigenvalue weighted by Crippen LogP contribution is 2.29. The summed E-state index contributed by atoms with van der Waals surface area (Å²) in [6.45, 7) is 1.82. The van der Waals surface area contributed by atoms with Crippen LogP contribution in [0.5, 0.6) is 0 Å². The Morgan fingerprint density at radius 2 is 1.96 bits per heavy atom. The van der Waals surface area contributed by atoms with Gasteiger partial charge in [0.2, 0.25) is 5.82 Å². The van der Waals surface area contributed by atoms with Gasteiger partial charge in [-0.05, 0) is 30.7 Å². The molecule has 0 saturated heterocycles. The fourth-order valence-electron chi connectivity index (χ4n) is 2.34. The SMILES string of the molecule is Cc1ccc([N+](=O)[O-])cc1-c1ccc(/C=N\Nc2ncccc2[N+](=O)[O-])o1. The molecule has 1 N–H and O–H groups in total. The quantitative estimate of drug-likeness (QED) is 0.396. The van der Waals surface area contributed by atoms with Gasteiger partial charge in [-0.3, -0.25) is 25.7 Å². The van der Waals surface area contributed by atoms with E-state index in [0.717, 1.165) is 5.56 Å².